The zero-order valence-electron chi connectivity index (χ0n) is 34.0. The Kier molecular flexibility index (Phi) is 16.7. The van der Waals surface area contributed by atoms with Gasteiger partial charge in [-0.2, -0.15) is 10.4 Å². The van der Waals surface area contributed by atoms with Crippen molar-refractivity contribution in [2.45, 2.75) is 152 Å². The number of nitrogens with two attached hydrogens (primary N) is 1. The Balaban J connectivity index is 1.06. The molecule has 2 unspecified atom stereocenters. The van der Waals surface area contributed by atoms with E-state index in [9.17, 15) is 29.3 Å². The maximum absolute atomic E-state index is 15.0. The Morgan fingerprint density at radius 3 is 2.19 bits per heavy atom. The molecule has 17 heteroatoms. The lowest BCUT2D eigenvalue weighted by Gasteiger charge is -2.32. The molecule has 1 aliphatic carbocycles. The van der Waals surface area contributed by atoms with Gasteiger partial charge in [-0.25, -0.2) is 18.5 Å². The molecule has 5 N–H and O–H groups in total. The summed E-state index contributed by atoms with van der Waals surface area (Å²) in [6, 6.07) is 7.30. The lowest BCUT2D eigenvalue weighted by molar-refractivity contribution is -0.126. The number of fused-ring (bicyclic) bond motifs is 2. The number of halogens is 1. The molecule has 2 aromatic heterocycles. The second-order valence-electron chi connectivity index (χ2n) is 15.6. The van der Waals surface area contributed by atoms with Crippen LogP contribution in [0.25, 0.3) is 5.52 Å². The van der Waals surface area contributed by atoms with Crippen LogP contribution in [-0.4, -0.2) is 86.7 Å². The molecule has 0 spiro atoms. The van der Waals surface area contributed by atoms with E-state index in [-0.39, 0.29) is 29.5 Å². The third-order valence-corrected chi connectivity index (χ3v) is 12.2. The second kappa shape index (κ2) is 21.2. The Morgan fingerprint density at radius 1 is 1.00 bits per heavy atom. The molecule has 15 nitrogen and oxygen atoms in total. The SMILES string of the molecule is CCCCCCCCCCCCCCCCCCOC[C@H](COP(=O)(O)OC1[C@H]2O[C@@](C)(c3ccc4c(N)ncnn34)[C@H](O)[C@@]12O)Oc1cc(OC)c(C#N)cc1F. The minimum Gasteiger partial charge on any atom is -0.495 e. The first kappa shape index (κ1) is 45.7. The van der Waals surface area contributed by atoms with Crippen LogP contribution in [0.15, 0.2) is 30.6 Å². The van der Waals surface area contributed by atoms with E-state index >= 15 is 0 Å². The van der Waals surface area contributed by atoms with Gasteiger partial charge in [-0.15, -0.1) is 0 Å². The highest BCUT2D eigenvalue weighted by atomic mass is 31.2. The number of hydrogen-bond donors (Lipinski definition) is 4. The number of nitrogens with zero attached hydrogens (tertiary/aromatic N) is 4. The molecule has 0 bridgehead atoms. The molecule has 322 valence electrons. The van der Waals surface area contributed by atoms with Gasteiger partial charge in [0.25, 0.3) is 0 Å². The number of hydrogen-bond acceptors (Lipinski definition) is 13. The quantitative estimate of drug-likeness (QED) is 0.0418. The lowest BCUT2D eigenvalue weighted by Crippen LogP contribution is -2.46. The number of ether oxygens (including phenoxy) is 4. The highest BCUT2D eigenvalue weighted by Crippen LogP contribution is 2.63. The van der Waals surface area contributed by atoms with Crippen LogP contribution in [-0.2, 0) is 28.7 Å². The Morgan fingerprint density at radius 2 is 1.62 bits per heavy atom. The minimum absolute atomic E-state index is 0.0378. The monoisotopic (exact) mass is 833 g/mol. The summed E-state index contributed by atoms with van der Waals surface area (Å²) in [4.78, 5) is 14.7. The van der Waals surface area contributed by atoms with Gasteiger partial charge in [0.2, 0.25) is 0 Å². The van der Waals surface area contributed by atoms with Crippen LogP contribution in [0.2, 0.25) is 0 Å². The highest BCUT2D eigenvalue weighted by Gasteiger charge is 2.82. The first-order valence-corrected chi connectivity index (χ1v) is 22.2. The van der Waals surface area contributed by atoms with E-state index in [0.717, 1.165) is 31.7 Å². The highest BCUT2D eigenvalue weighted by molar-refractivity contribution is 7.47. The number of anilines is 1. The van der Waals surface area contributed by atoms with Gasteiger partial charge in [0.15, 0.2) is 23.0 Å². The standard InChI is InChI=1S/C41H61FN5O10P/c1-4-5-6-7-8-9-10-11-12-13-14-15-16-17-18-19-22-53-26-30(55-34-24-33(52-3)29(25-43)23-31(34)42)27-54-58(50,51)57-37-36-41(37,49)39(48)40(2,56-36)35-21-20-32-38(44)45-28-46-47(32)35/h20-21,23-24,28,30,36-37,39,48-49H,4-19,22,26-27H2,1-3H3,(H,50,51)(H2,44,45,46)/t30-,36-,37?,39+,40+,41+/m1/s1. The number of nitriles is 1. The van der Waals surface area contributed by atoms with Gasteiger partial charge < -0.3 is 39.8 Å². The fourth-order valence-electron chi connectivity index (χ4n) is 7.73. The summed E-state index contributed by atoms with van der Waals surface area (Å²) in [5.74, 6) is -0.853. The van der Waals surface area contributed by atoms with Crippen LogP contribution in [0.3, 0.4) is 0 Å². The zero-order chi connectivity index (χ0) is 41.8. The van der Waals surface area contributed by atoms with Crippen molar-refractivity contribution >= 4 is 19.2 Å². The third-order valence-electron chi connectivity index (χ3n) is 11.2. The Hall–Kier alpha value is -3.39. The van der Waals surface area contributed by atoms with Gasteiger partial charge in [-0.1, -0.05) is 103 Å². The molecule has 3 aromatic rings. The van der Waals surface area contributed by atoms with Gasteiger partial charge in [0, 0.05) is 12.7 Å². The molecule has 2 fully saturated rings. The maximum atomic E-state index is 15.0. The van der Waals surface area contributed by atoms with Crippen molar-refractivity contribution in [3.05, 3.63) is 47.7 Å². The lowest BCUT2D eigenvalue weighted by atomic mass is 9.91. The van der Waals surface area contributed by atoms with Crippen molar-refractivity contribution in [2.24, 2.45) is 0 Å². The van der Waals surface area contributed by atoms with E-state index in [1.54, 1.807) is 19.1 Å². The summed E-state index contributed by atoms with van der Waals surface area (Å²) >= 11 is 0. The van der Waals surface area contributed by atoms with Crippen LogP contribution < -0.4 is 15.2 Å². The second-order valence-corrected chi connectivity index (χ2v) is 17.0. The number of rotatable bonds is 28. The van der Waals surface area contributed by atoms with Crippen molar-refractivity contribution in [2.75, 3.05) is 32.7 Å². The van der Waals surface area contributed by atoms with Gasteiger partial charge in [0.05, 0.1) is 31.6 Å². The molecule has 58 heavy (non-hydrogen) atoms. The zero-order valence-corrected chi connectivity index (χ0v) is 34.9. The first-order chi connectivity index (χ1) is 27.9. The number of aromatic nitrogens is 3. The molecule has 2 aliphatic rings. The van der Waals surface area contributed by atoms with Gasteiger partial charge in [-0.05, 0) is 31.5 Å². The number of phosphoric ester groups is 1. The summed E-state index contributed by atoms with van der Waals surface area (Å²) in [5, 5.41) is 36.2. The van der Waals surface area contributed by atoms with E-state index in [4.69, 9.17) is 33.7 Å². The molecule has 1 saturated heterocycles. The molecular formula is C41H61FN5O10P. The summed E-state index contributed by atoms with van der Waals surface area (Å²) < 4.78 is 63.1. The van der Waals surface area contributed by atoms with Gasteiger partial charge in [-0.3, -0.25) is 9.05 Å². The predicted molar refractivity (Wildman–Crippen MR) is 214 cm³/mol. The fraction of sp³-hybridized carbons (Fsp3) is 0.683. The first-order valence-electron chi connectivity index (χ1n) is 20.7. The number of unbranched alkanes of at least 4 members (excludes halogenated alkanes) is 15. The van der Waals surface area contributed by atoms with E-state index in [2.05, 4.69) is 17.0 Å². The van der Waals surface area contributed by atoms with E-state index in [1.807, 2.05) is 6.07 Å². The predicted octanol–water partition coefficient (Wildman–Crippen LogP) is 7.28. The summed E-state index contributed by atoms with van der Waals surface area (Å²) in [7, 11) is -3.60. The van der Waals surface area contributed by atoms with Crippen molar-refractivity contribution in [1.82, 2.24) is 14.6 Å². The van der Waals surface area contributed by atoms with Crippen LogP contribution >= 0.6 is 7.82 Å². The molecule has 0 radical (unpaired) electrons. The van der Waals surface area contributed by atoms with Crippen molar-refractivity contribution in [3.8, 4) is 17.6 Å². The average Bonchev–Trinajstić information content (AvgIpc) is 3.45. The molecular weight excluding hydrogens is 772 g/mol. The number of aliphatic hydroxyl groups is 2. The van der Waals surface area contributed by atoms with Crippen LogP contribution in [0.5, 0.6) is 11.5 Å². The molecule has 1 aliphatic heterocycles. The van der Waals surface area contributed by atoms with Crippen LogP contribution in [0.1, 0.15) is 128 Å². The summed E-state index contributed by atoms with van der Waals surface area (Å²) in [5.41, 5.74) is 3.21. The Labute approximate surface area is 340 Å². The number of aliphatic hydroxyl groups excluding tert-OH is 1. The van der Waals surface area contributed by atoms with Crippen LogP contribution in [0.4, 0.5) is 10.2 Å². The third kappa shape index (κ3) is 11.2. The fourth-order valence-corrected chi connectivity index (χ4v) is 8.71. The largest absolute Gasteiger partial charge is 0.495 e. The van der Waals surface area contributed by atoms with Crippen LogP contribution in [0, 0.1) is 17.1 Å². The molecule has 1 saturated carbocycles. The summed E-state index contributed by atoms with van der Waals surface area (Å²) in [6.07, 6.45) is 15.8. The normalized spacial score (nSPS) is 24.0. The molecule has 1 aromatic carbocycles. The average molecular weight is 834 g/mol. The molecule has 0 amide bonds. The topological polar surface area (TPSA) is 213 Å². The van der Waals surface area contributed by atoms with Crippen molar-refractivity contribution < 1.29 is 52.1 Å². The Bertz CT molecular complexity index is 1860. The van der Waals surface area contributed by atoms with E-state index in [0.29, 0.717) is 17.8 Å². The van der Waals surface area contributed by atoms with Crippen molar-refractivity contribution in [3.63, 3.8) is 0 Å². The number of benzene rings is 1. The smallest absolute Gasteiger partial charge is 0.472 e. The number of methoxy groups -OCH3 is 1. The number of phosphoric acid groups is 1. The minimum atomic E-state index is -4.92. The maximum Gasteiger partial charge on any atom is 0.472 e. The van der Waals surface area contributed by atoms with E-state index in [1.165, 1.54) is 101 Å². The van der Waals surface area contributed by atoms with Crippen molar-refractivity contribution in [1.29, 1.82) is 5.26 Å². The van der Waals surface area contributed by atoms with E-state index < -0.39 is 55.9 Å². The van der Waals surface area contributed by atoms with Gasteiger partial charge >= 0.3 is 7.82 Å². The summed E-state index contributed by atoms with van der Waals surface area (Å²) in [6.45, 7) is 3.47. The molecule has 5 rings (SSSR count). The molecule has 3 heterocycles. The number of nitrogen functional groups attached to an aromatic ring is 1. The van der Waals surface area contributed by atoms with Gasteiger partial charge in [0.1, 0.15) is 53.7 Å². The molecule has 7 atom stereocenters.